The van der Waals surface area contributed by atoms with Crippen LogP contribution in [0.5, 0.6) is 0 Å². The number of carbonyl (C=O) groups excluding carboxylic acids is 1. The van der Waals surface area contributed by atoms with E-state index in [1.807, 2.05) is 24.0 Å². The van der Waals surface area contributed by atoms with Crippen molar-refractivity contribution in [3.8, 4) is 0 Å². The molecule has 1 aliphatic carbocycles. The minimum absolute atomic E-state index is 0.157. The number of nitrogens with zero attached hydrogens (tertiary/aromatic N) is 3. The highest BCUT2D eigenvalue weighted by molar-refractivity contribution is 8.02. The second-order valence-electron chi connectivity index (χ2n) is 7.33. The molecule has 7 heteroatoms. The molecule has 1 aromatic heterocycles. The van der Waals surface area contributed by atoms with E-state index in [1.165, 1.54) is 49.4 Å². The summed E-state index contributed by atoms with van der Waals surface area (Å²) >= 11 is 3.08. The van der Waals surface area contributed by atoms with Gasteiger partial charge in [0.2, 0.25) is 11.0 Å². The fourth-order valence-corrected chi connectivity index (χ4v) is 5.96. The summed E-state index contributed by atoms with van der Waals surface area (Å²) in [5.74, 6) is 0.157. The van der Waals surface area contributed by atoms with Crippen LogP contribution in [0.3, 0.4) is 0 Å². The Balaban J connectivity index is 1.38. The van der Waals surface area contributed by atoms with E-state index in [4.69, 9.17) is 0 Å². The highest BCUT2D eigenvalue weighted by Crippen LogP contribution is 2.33. The summed E-state index contributed by atoms with van der Waals surface area (Å²) < 4.78 is 0.861. The number of hydrogen-bond acceptors (Lipinski definition) is 6. The van der Waals surface area contributed by atoms with Crippen LogP contribution in [0.25, 0.3) is 0 Å². The third kappa shape index (κ3) is 4.46. The largest absolute Gasteiger partial charge is 0.357 e. The molecule has 27 heavy (non-hydrogen) atoms. The smallest absolute Gasteiger partial charge is 0.240 e. The maximum Gasteiger partial charge on any atom is 0.240 e. The Hall–Kier alpha value is -1.60. The summed E-state index contributed by atoms with van der Waals surface area (Å²) in [6.45, 7) is 2.77. The van der Waals surface area contributed by atoms with Crippen LogP contribution in [0.4, 0.5) is 10.8 Å². The molecule has 1 amide bonds. The molecule has 2 aliphatic rings. The minimum Gasteiger partial charge on any atom is -0.357 e. The van der Waals surface area contributed by atoms with Gasteiger partial charge < -0.3 is 10.2 Å². The molecule has 1 atom stereocenters. The van der Waals surface area contributed by atoms with Gasteiger partial charge in [-0.3, -0.25) is 4.79 Å². The van der Waals surface area contributed by atoms with E-state index in [1.54, 1.807) is 11.3 Å². The van der Waals surface area contributed by atoms with Crippen molar-refractivity contribution in [3.05, 3.63) is 29.8 Å². The number of amides is 1. The Labute approximate surface area is 168 Å². The third-order valence-electron chi connectivity index (χ3n) is 5.34. The number of rotatable bonds is 5. The highest BCUT2D eigenvalue weighted by atomic mass is 32.2. The van der Waals surface area contributed by atoms with Gasteiger partial charge in [-0.05, 0) is 44.2 Å². The number of thioether (sulfide) groups is 1. The zero-order valence-corrected chi connectivity index (χ0v) is 17.3. The lowest BCUT2D eigenvalue weighted by Gasteiger charge is -2.31. The first-order valence-electron chi connectivity index (χ1n) is 9.86. The summed E-state index contributed by atoms with van der Waals surface area (Å²) in [5.41, 5.74) is 2.34. The van der Waals surface area contributed by atoms with Crippen molar-refractivity contribution in [1.29, 1.82) is 0 Å². The first-order valence-corrected chi connectivity index (χ1v) is 11.6. The molecule has 1 saturated carbocycles. The predicted molar refractivity (Wildman–Crippen MR) is 113 cm³/mol. The van der Waals surface area contributed by atoms with Gasteiger partial charge in [-0.1, -0.05) is 60.6 Å². The third-order valence-corrected chi connectivity index (χ3v) is 7.37. The van der Waals surface area contributed by atoms with Gasteiger partial charge in [0.1, 0.15) is 0 Å². The zero-order chi connectivity index (χ0) is 18.6. The van der Waals surface area contributed by atoms with Gasteiger partial charge in [-0.25, -0.2) is 0 Å². The molecular formula is C20H26N4OS2. The summed E-state index contributed by atoms with van der Waals surface area (Å²) in [6, 6.07) is 8.76. The van der Waals surface area contributed by atoms with Gasteiger partial charge in [-0.2, -0.15) is 0 Å². The lowest BCUT2D eigenvalue weighted by Crippen LogP contribution is -2.40. The van der Waals surface area contributed by atoms with E-state index in [-0.39, 0.29) is 11.2 Å². The van der Waals surface area contributed by atoms with Crippen molar-refractivity contribution >= 4 is 39.8 Å². The van der Waals surface area contributed by atoms with Crippen molar-refractivity contribution in [1.82, 2.24) is 10.2 Å². The summed E-state index contributed by atoms with van der Waals surface area (Å²) in [7, 11) is 0. The van der Waals surface area contributed by atoms with Gasteiger partial charge in [0, 0.05) is 18.3 Å². The Kier molecular flexibility index (Phi) is 5.98. The number of benzene rings is 1. The van der Waals surface area contributed by atoms with Gasteiger partial charge >= 0.3 is 0 Å². The van der Waals surface area contributed by atoms with E-state index in [2.05, 4.69) is 27.6 Å². The summed E-state index contributed by atoms with van der Waals surface area (Å²) in [4.78, 5) is 15.0. The Morgan fingerprint density at radius 1 is 1.22 bits per heavy atom. The lowest BCUT2D eigenvalue weighted by atomic mass is 9.96. The number of para-hydroxylation sites is 1. The fourth-order valence-electron chi connectivity index (χ4n) is 3.92. The van der Waals surface area contributed by atoms with E-state index in [0.717, 1.165) is 34.5 Å². The topological polar surface area (TPSA) is 58.1 Å². The van der Waals surface area contributed by atoms with Crippen molar-refractivity contribution in [3.63, 3.8) is 0 Å². The first kappa shape index (κ1) is 18.7. The van der Waals surface area contributed by atoms with Gasteiger partial charge in [0.25, 0.3) is 0 Å². The van der Waals surface area contributed by atoms with Crippen molar-refractivity contribution in [2.24, 2.45) is 0 Å². The molecule has 4 rings (SSSR count). The lowest BCUT2D eigenvalue weighted by molar-refractivity contribution is -0.117. The number of carbonyl (C=O) groups is 1. The molecule has 1 fully saturated rings. The van der Waals surface area contributed by atoms with Crippen LogP contribution < -0.4 is 10.2 Å². The van der Waals surface area contributed by atoms with Crippen LogP contribution in [0.15, 0.2) is 28.6 Å². The van der Waals surface area contributed by atoms with Crippen molar-refractivity contribution in [2.45, 2.75) is 67.5 Å². The molecule has 1 aromatic carbocycles. The monoisotopic (exact) mass is 402 g/mol. The molecule has 0 radical (unpaired) electrons. The average Bonchev–Trinajstić information content (AvgIpc) is 3.14. The fraction of sp³-hybridized carbons (Fsp3) is 0.550. The normalized spacial score (nSPS) is 18.8. The molecule has 1 aliphatic heterocycles. The Morgan fingerprint density at radius 3 is 2.89 bits per heavy atom. The summed E-state index contributed by atoms with van der Waals surface area (Å²) in [5, 5.41) is 12.8. The van der Waals surface area contributed by atoms with Crippen molar-refractivity contribution < 1.29 is 4.79 Å². The van der Waals surface area contributed by atoms with E-state index in [0.29, 0.717) is 6.04 Å². The average molecular weight is 403 g/mol. The molecule has 1 unspecified atom stereocenters. The number of fused-ring (bicyclic) bond motifs is 1. The van der Waals surface area contributed by atoms with Gasteiger partial charge in [-0.15, -0.1) is 10.2 Å². The Bertz CT molecular complexity index is 788. The Morgan fingerprint density at radius 2 is 2.04 bits per heavy atom. The van der Waals surface area contributed by atoms with Crippen LogP contribution in [0.1, 0.15) is 51.0 Å². The SMILES string of the molecule is CC(Sc1nnc(NC2CCCCC2)s1)C(=O)N1CCCc2ccccc21. The molecule has 1 N–H and O–H groups in total. The maximum atomic E-state index is 13.0. The predicted octanol–water partition coefficient (Wildman–Crippen LogP) is 4.74. The maximum absolute atomic E-state index is 13.0. The molecule has 2 aromatic rings. The number of hydrogen-bond donors (Lipinski definition) is 1. The summed E-state index contributed by atoms with van der Waals surface area (Å²) in [6.07, 6.45) is 8.43. The number of aromatic nitrogens is 2. The van der Waals surface area contributed by atoms with Crippen LogP contribution in [-0.4, -0.2) is 33.9 Å². The van der Waals surface area contributed by atoms with Crippen LogP contribution in [0.2, 0.25) is 0 Å². The molecule has 2 heterocycles. The molecule has 0 saturated heterocycles. The number of nitrogens with one attached hydrogen (secondary N) is 1. The van der Waals surface area contributed by atoms with Crippen molar-refractivity contribution in [2.75, 3.05) is 16.8 Å². The highest BCUT2D eigenvalue weighted by Gasteiger charge is 2.27. The van der Waals surface area contributed by atoms with E-state index in [9.17, 15) is 4.79 Å². The number of aryl methyl sites for hydroxylation is 1. The van der Waals surface area contributed by atoms with Crippen LogP contribution in [-0.2, 0) is 11.2 Å². The minimum atomic E-state index is -0.174. The second kappa shape index (κ2) is 8.61. The zero-order valence-electron chi connectivity index (χ0n) is 15.7. The van der Waals surface area contributed by atoms with Gasteiger partial charge in [0.05, 0.1) is 5.25 Å². The molecule has 144 valence electrons. The first-order chi connectivity index (χ1) is 13.2. The molecule has 5 nitrogen and oxygen atoms in total. The number of anilines is 2. The van der Waals surface area contributed by atoms with E-state index < -0.39 is 0 Å². The standard InChI is InChI=1S/C20H26N4OS2/c1-14(18(25)24-13-7-9-15-8-5-6-12-17(15)24)26-20-23-22-19(27-20)21-16-10-3-2-4-11-16/h5-6,8,12,14,16H,2-4,7,9-11,13H2,1H3,(H,21,22). The van der Waals surface area contributed by atoms with E-state index >= 15 is 0 Å². The quantitative estimate of drug-likeness (QED) is 0.732. The van der Waals surface area contributed by atoms with Gasteiger partial charge in [0.15, 0.2) is 4.34 Å². The second-order valence-corrected chi connectivity index (χ2v) is 9.90. The van der Waals surface area contributed by atoms with Crippen LogP contribution in [0, 0.1) is 0 Å². The molecule has 0 bridgehead atoms. The molecule has 0 spiro atoms. The molecular weight excluding hydrogens is 376 g/mol. The van der Waals surface area contributed by atoms with Crippen LogP contribution >= 0.6 is 23.1 Å².